The van der Waals surface area contributed by atoms with Crippen LogP contribution in [0.5, 0.6) is 0 Å². The van der Waals surface area contributed by atoms with Gasteiger partial charge in [0.1, 0.15) is 6.54 Å². The summed E-state index contributed by atoms with van der Waals surface area (Å²) in [4.78, 5) is 14.6. The smallest absolute Gasteiger partial charge is 0.244 e. The lowest BCUT2D eigenvalue weighted by Gasteiger charge is -2.24. The third kappa shape index (κ3) is 2.70. The van der Waals surface area contributed by atoms with Crippen molar-refractivity contribution < 1.29 is 4.79 Å². The number of aromatic nitrogens is 4. The Balaban J connectivity index is 1.75. The van der Waals surface area contributed by atoms with Gasteiger partial charge in [-0.1, -0.05) is 0 Å². The number of aryl methyl sites for hydroxylation is 3. The van der Waals surface area contributed by atoms with Crippen LogP contribution in [-0.2, 0) is 18.4 Å². The van der Waals surface area contributed by atoms with Gasteiger partial charge in [-0.25, -0.2) is 0 Å². The van der Waals surface area contributed by atoms with Crippen LogP contribution in [0.2, 0.25) is 0 Å². The van der Waals surface area contributed by atoms with E-state index in [1.54, 1.807) is 9.36 Å². The molecule has 0 aliphatic carbocycles. The molecule has 0 radical (unpaired) electrons. The van der Waals surface area contributed by atoms with Crippen LogP contribution in [0, 0.1) is 13.8 Å². The Morgan fingerprint density at radius 3 is 2.86 bits per heavy atom. The monoisotopic (exact) mass is 287 g/mol. The summed E-state index contributed by atoms with van der Waals surface area (Å²) in [6, 6.07) is 2.15. The van der Waals surface area contributed by atoms with E-state index in [1.165, 1.54) is 0 Å². The van der Waals surface area contributed by atoms with Crippen LogP contribution in [0.3, 0.4) is 0 Å². The van der Waals surface area contributed by atoms with Gasteiger partial charge in [-0.2, -0.15) is 10.2 Å². The molecule has 1 aliphatic heterocycles. The van der Waals surface area contributed by atoms with E-state index in [4.69, 9.17) is 0 Å². The molecule has 1 unspecified atom stereocenters. The van der Waals surface area contributed by atoms with Crippen molar-refractivity contribution >= 4 is 5.91 Å². The van der Waals surface area contributed by atoms with Crippen molar-refractivity contribution in [3.63, 3.8) is 0 Å². The standard InChI is InChI=1S/C15H21N5O/c1-11-7-12(2)20(17-11)10-15(21)19-6-4-5-14(19)13-8-16-18(3)9-13/h7-9,14H,4-6,10H2,1-3H3. The average molecular weight is 287 g/mol. The molecule has 6 heteroatoms. The molecule has 3 rings (SSSR count). The van der Waals surface area contributed by atoms with Gasteiger partial charge >= 0.3 is 0 Å². The highest BCUT2D eigenvalue weighted by atomic mass is 16.2. The first kappa shape index (κ1) is 13.9. The fourth-order valence-electron chi connectivity index (χ4n) is 3.08. The zero-order valence-corrected chi connectivity index (χ0v) is 12.8. The molecule has 3 heterocycles. The van der Waals surface area contributed by atoms with Crippen LogP contribution >= 0.6 is 0 Å². The third-order valence-corrected chi connectivity index (χ3v) is 4.07. The topological polar surface area (TPSA) is 56.0 Å². The summed E-state index contributed by atoms with van der Waals surface area (Å²) in [7, 11) is 1.90. The number of nitrogens with zero attached hydrogens (tertiary/aromatic N) is 5. The predicted molar refractivity (Wildman–Crippen MR) is 78.6 cm³/mol. The van der Waals surface area contributed by atoms with Gasteiger partial charge in [0.05, 0.1) is 17.9 Å². The summed E-state index contributed by atoms with van der Waals surface area (Å²) >= 11 is 0. The van der Waals surface area contributed by atoms with E-state index < -0.39 is 0 Å². The highest BCUT2D eigenvalue weighted by Crippen LogP contribution is 2.31. The molecule has 21 heavy (non-hydrogen) atoms. The molecule has 6 nitrogen and oxygen atoms in total. The number of hydrogen-bond donors (Lipinski definition) is 0. The Morgan fingerprint density at radius 2 is 2.24 bits per heavy atom. The summed E-state index contributed by atoms with van der Waals surface area (Å²) in [6.07, 6.45) is 5.91. The molecule has 1 amide bonds. The minimum absolute atomic E-state index is 0.132. The minimum Gasteiger partial charge on any atom is -0.334 e. The van der Waals surface area contributed by atoms with Crippen LogP contribution in [0.25, 0.3) is 0 Å². The zero-order valence-electron chi connectivity index (χ0n) is 12.8. The molecule has 0 aromatic carbocycles. The fourth-order valence-corrected chi connectivity index (χ4v) is 3.08. The number of amides is 1. The molecule has 1 saturated heterocycles. The Morgan fingerprint density at radius 1 is 1.43 bits per heavy atom. The molecule has 1 aliphatic rings. The molecule has 2 aromatic rings. The molecule has 0 bridgehead atoms. The average Bonchev–Trinajstić information content (AvgIpc) is 3.10. The number of carbonyl (C=O) groups excluding carboxylic acids is 1. The number of likely N-dealkylation sites (tertiary alicyclic amines) is 1. The van der Waals surface area contributed by atoms with E-state index in [1.807, 2.05) is 44.3 Å². The van der Waals surface area contributed by atoms with Crippen molar-refractivity contribution in [2.75, 3.05) is 6.54 Å². The number of rotatable bonds is 3. The van der Waals surface area contributed by atoms with Gasteiger partial charge in [-0.15, -0.1) is 0 Å². The summed E-state index contributed by atoms with van der Waals surface area (Å²) < 4.78 is 3.58. The second kappa shape index (κ2) is 5.35. The highest BCUT2D eigenvalue weighted by Gasteiger charge is 2.30. The lowest BCUT2D eigenvalue weighted by Crippen LogP contribution is -2.33. The summed E-state index contributed by atoms with van der Waals surface area (Å²) in [5.41, 5.74) is 3.10. The van der Waals surface area contributed by atoms with Crippen molar-refractivity contribution in [3.05, 3.63) is 35.4 Å². The molecule has 112 valence electrons. The van der Waals surface area contributed by atoms with E-state index in [2.05, 4.69) is 10.2 Å². The second-order valence-electron chi connectivity index (χ2n) is 5.78. The van der Waals surface area contributed by atoms with Crippen LogP contribution in [0.15, 0.2) is 18.5 Å². The van der Waals surface area contributed by atoms with Gasteiger partial charge in [0, 0.05) is 31.0 Å². The Hall–Kier alpha value is -2.11. The van der Waals surface area contributed by atoms with Crippen molar-refractivity contribution in [2.24, 2.45) is 7.05 Å². The van der Waals surface area contributed by atoms with E-state index in [0.717, 1.165) is 36.3 Å². The highest BCUT2D eigenvalue weighted by molar-refractivity contribution is 5.76. The van der Waals surface area contributed by atoms with Gasteiger partial charge < -0.3 is 4.90 Å². The summed E-state index contributed by atoms with van der Waals surface area (Å²) in [5, 5.41) is 8.59. The van der Waals surface area contributed by atoms with Crippen LogP contribution in [0.4, 0.5) is 0 Å². The van der Waals surface area contributed by atoms with Crippen molar-refractivity contribution in [3.8, 4) is 0 Å². The molecule has 1 fully saturated rings. The first-order valence-corrected chi connectivity index (χ1v) is 7.33. The van der Waals surface area contributed by atoms with Crippen LogP contribution < -0.4 is 0 Å². The van der Waals surface area contributed by atoms with Gasteiger partial charge in [-0.05, 0) is 32.8 Å². The van der Waals surface area contributed by atoms with E-state index in [9.17, 15) is 4.79 Å². The lowest BCUT2D eigenvalue weighted by atomic mass is 10.1. The maximum Gasteiger partial charge on any atom is 0.244 e. The number of carbonyl (C=O) groups is 1. The number of hydrogen-bond acceptors (Lipinski definition) is 3. The predicted octanol–water partition coefficient (Wildman–Crippen LogP) is 1.60. The largest absolute Gasteiger partial charge is 0.334 e. The maximum absolute atomic E-state index is 12.6. The summed E-state index contributed by atoms with van der Waals surface area (Å²) in [6.45, 7) is 5.06. The summed E-state index contributed by atoms with van der Waals surface area (Å²) in [5.74, 6) is 0.132. The van der Waals surface area contributed by atoms with Gasteiger partial charge in [0.15, 0.2) is 0 Å². The molecule has 2 aromatic heterocycles. The van der Waals surface area contributed by atoms with E-state index >= 15 is 0 Å². The lowest BCUT2D eigenvalue weighted by molar-refractivity contribution is -0.133. The van der Waals surface area contributed by atoms with Crippen LogP contribution in [-0.4, -0.2) is 36.9 Å². The molecular weight excluding hydrogens is 266 g/mol. The normalized spacial score (nSPS) is 18.4. The molecule has 0 spiro atoms. The van der Waals surface area contributed by atoms with Crippen LogP contribution in [0.1, 0.15) is 35.8 Å². The third-order valence-electron chi connectivity index (χ3n) is 4.07. The van der Waals surface area contributed by atoms with Gasteiger partial charge in [0.2, 0.25) is 5.91 Å². The van der Waals surface area contributed by atoms with Crippen molar-refractivity contribution in [1.82, 2.24) is 24.5 Å². The maximum atomic E-state index is 12.6. The Bertz CT molecular complexity index is 657. The molecular formula is C15H21N5O. The fraction of sp³-hybridized carbons (Fsp3) is 0.533. The zero-order chi connectivity index (χ0) is 15.0. The molecule has 1 atom stereocenters. The Labute approximate surface area is 124 Å². The van der Waals surface area contributed by atoms with Crippen molar-refractivity contribution in [2.45, 2.75) is 39.3 Å². The Kier molecular flexibility index (Phi) is 3.53. The molecule has 0 saturated carbocycles. The van der Waals surface area contributed by atoms with Gasteiger partial charge in [-0.3, -0.25) is 14.2 Å². The van der Waals surface area contributed by atoms with E-state index in [0.29, 0.717) is 6.54 Å². The van der Waals surface area contributed by atoms with E-state index in [-0.39, 0.29) is 11.9 Å². The quantitative estimate of drug-likeness (QED) is 0.861. The first-order chi connectivity index (χ1) is 10.0. The van der Waals surface area contributed by atoms with Gasteiger partial charge in [0.25, 0.3) is 0 Å². The first-order valence-electron chi connectivity index (χ1n) is 7.33. The molecule has 0 N–H and O–H groups in total. The SMILES string of the molecule is Cc1cc(C)n(CC(=O)N2CCCC2c2cnn(C)c2)n1. The minimum atomic E-state index is 0.132. The van der Waals surface area contributed by atoms with Crippen molar-refractivity contribution in [1.29, 1.82) is 0 Å². The second-order valence-corrected chi connectivity index (χ2v) is 5.78.